The van der Waals surface area contributed by atoms with E-state index in [9.17, 15) is 9.59 Å². The Labute approximate surface area is 127 Å². The lowest BCUT2D eigenvalue weighted by Crippen LogP contribution is -2.40. The Bertz CT molecular complexity index is 343. The topological polar surface area (TPSA) is 75.6 Å². The van der Waals surface area contributed by atoms with Crippen LogP contribution in [0.5, 0.6) is 0 Å². The summed E-state index contributed by atoms with van der Waals surface area (Å²) in [6, 6.07) is -0.348. The minimum atomic E-state index is -0.889. The molecule has 1 aliphatic carbocycles. The maximum absolute atomic E-state index is 11.8. The van der Waals surface area contributed by atoms with E-state index in [0.717, 1.165) is 6.42 Å². The number of hydrogen-bond acceptors (Lipinski definition) is 3. The van der Waals surface area contributed by atoms with Crippen LogP contribution in [-0.2, 0) is 9.53 Å². The maximum Gasteiger partial charge on any atom is 0.407 e. The molecule has 0 radical (unpaired) electrons. The van der Waals surface area contributed by atoms with Crippen LogP contribution in [0, 0.1) is 5.92 Å². The Kier molecular flexibility index (Phi) is 6.99. The van der Waals surface area contributed by atoms with E-state index in [-0.39, 0.29) is 12.5 Å². The minimum absolute atomic E-state index is 0.0496. The first-order valence-electron chi connectivity index (χ1n) is 7.97. The molecule has 0 aromatic carbocycles. The third kappa shape index (κ3) is 8.58. The van der Waals surface area contributed by atoms with E-state index in [2.05, 4.69) is 5.32 Å². The zero-order valence-corrected chi connectivity index (χ0v) is 13.5. The molecule has 0 unspecified atom stereocenters. The molecule has 2 N–H and O–H groups in total. The van der Waals surface area contributed by atoms with Crippen LogP contribution in [0.4, 0.5) is 4.79 Å². The molecule has 0 spiro atoms. The Hall–Kier alpha value is -1.26. The van der Waals surface area contributed by atoms with Gasteiger partial charge in [-0.25, -0.2) is 4.79 Å². The first-order chi connectivity index (χ1) is 9.76. The van der Waals surface area contributed by atoms with Gasteiger partial charge in [-0.2, -0.15) is 0 Å². The van der Waals surface area contributed by atoms with E-state index in [1.165, 1.54) is 32.1 Å². The number of nitrogens with one attached hydrogen (secondary N) is 1. The molecule has 5 heteroatoms. The molecule has 0 heterocycles. The van der Waals surface area contributed by atoms with Crippen LogP contribution in [0.3, 0.4) is 0 Å². The summed E-state index contributed by atoms with van der Waals surface area (Å²) in [5.41, 5.74) is -0.568. The molecule has 1 fully saturated rings. The van der Waals surface area contributed by atoms with E-state index in [1.54, 1.807) is 20.8 Å². The van der Waals surface area contributed by atoms with E-state index in [0.29, 0.717) is 12.3 Å². The highest BCUT2D eigenvalue weighted by Crippen LogP contribution is 2.28. The number of hydrogen-bond donors (Lipinski definition) is 2. The quantitative estimate of drug-likeness (QED) is 0.784. The fraction of sp³-hybridized carbons (Fsp3) is 0.875. The molecule has 1 rings (SSSR count). The highest BCUT2D eigenvalue weighted by molar-refractivity contribution is 5.71. The van der Waals surface area contributed by atoms with Crippen molar-refractivity contribution in [2.24, 2.45) is 5.92 Å². The largest absolute Gasteiger partial charge is 0.481 e. The molecule has 0 bridgehead atoms. The second kappa shape index (κ2) is 8.25. The summed E-state index contributed by atoms with van der Waals surface area (Å²) in [5.74, 6) is -0.213. The summed E-state index contributed by atoms with van der Waals surface area (Å²) in [4.78, 5) is 22.7. The Morgan fingerprint density at radius 2 is 1.86 bits per heavy atom. The molecule has 122 valence electrons. The molecule has 0 aromatic rings. The highest BCUT2D eigenvalue weighted by atomic mass is 16.6. The smallest absolute Gasteiger partial charge is 0.407 e. The molecule has 1 aliphatic rings. The fourth-order valence-electron chi connectivity index (χ4n) is 2.82. The second-order valence-electron chi connectivity index (χ2n) is 7.02. The van der Waals surface area contributed by atoms with Gasteiger partial charge >= 0.3 is 12.1 Å². The number of carboxylic acid groups (broad SMARTS) is 1. The first kappa shape index (κ1) is 17.8. The van der Waals surface area contributed by atoms with Gasteiger partial charge in [-0.05, 0) is 39.5 Å². The van der Waals surface area contributed by atoms with Crippen molar-refractivity contribution in [3.8, 4) is 0 Å². The van der Waals surface area contributed by atoms with Crippen LogP contribution in [-0.4, -0.2) is 28.8 Å². The van der Waals surface area contributed by atoms with Crippen molar-refractivity contribution in [3.05, 3.63) is 0 Å². The molecule has 0 saturated heterocycles. The molecule has 1 amide bonds. The van der Waals surface area contributed by atoms with Crippen molar-refractivity contribution in [3.63, 3.8) is 0 Å². The number of carbonyl (C=O) groups is 2. The highest BCUT2D eigenvalue weighted by Gasteiger charge is 2.22. The molecule has 1 atom stereocenters. The van der Waals surface area contributed by atoms with Gasteiger partial charge in [0.15, 0.2) is 0 Å². The number of alkyl carbamates (subject to hydrolysis) is 1. The van der Waals surface area contributed by atoms with Crippen LogP contribution in [0.15, 0.2) is 0 Å². The van der Waals surface area contributed by atoms with E-state index >= 15 is 0 Å². The summed E-state index contributed by atoms with van der Waals surface area (Å²) >= 11 is 0. The maximum atomic E-state index is 11.8. The van der Waals surface area contributed by atoms with Gasteiger partial charge in [-0.1, -0.05) is 32.1 Å². The predicted octanol–water partition coefficient (Wildman–Crippen LogP) is 3.71. The van der Waals surface area contributed by atoms with Gasteiger partial charge in [0.05, 0.1) is 6.42 Å². The summed E-state index contributed by atoms with van der Waals surface area (Å²) in [5, 5.41) is 11.7. The van der Waals surface area contributed by atoms with Gasteiger partial charge in [0, 0.05) is 6.04 Å². The fourth-order valence-corrected chi connectivity index (χ4v) is 2.82. The zero-order valence-electron chi connectivity index (χ0n) is 13.5. The lowest BCUT2D eigenvalue weighted by atomic mass is 9.85. The van der Waals surface area contributed by atoms with Crippen molar-refractivity contribution in [2.75, 3.05) is 0 Å². The van der Waals surface area contributed by atoms with Gasteiger partial charge in [-0.15, -0.1) is 0 Å². The van der Waals surface area contributed by atoms with Gasteiger partial charge in [0.25, 0.3) is 0 Å². The standard InChI is InChI=1S/C16H29NO4/c1-16(2,3)21-15(20)17-13(11-14(18)19)10-9-12-7-5-4-6-8-12/h12-13H,4-11H2,1-3H3,(H,17,20)(H,18,19)/t13-/m0/s1. The van der Waals surface area contributed by atoms with E-state index < -0.39 is 17.7 Å². The number of carboxylic acids is 1. The first-order valence-corrected chi connectivity index (χ1v) is 7.97. The number of amides is 1. The molecule has 5 nitrogen and oxygen atoms in total. The van der Waals surface area contributed by atoms with Crippen molar-refractivity contribution in [2.45, 2.75) is 83.8 Å². The second-order valence-corrected chi connectivity index (χ2v) is 7.02. The third-order valence-corrected chi connectivity index (χ3v) is 3.79. The van der Waals surface area contributed by atoms with Gasteiger partial charge < -0.3 is 15.2 Å². The predicted molar refractivity (Wildman–Crippen MR) is 81.2 cm³/mol. The number of rotatable bonds is 6. The van der Waals surface area contributed by atoms with Crippen molar-refractivity contribution < 1.29 is 19.4 Å². The summed E-state index contributed by atoms with van der Waals surface area (Å²) < 4.78 is 5.20. The van der Waals surface area contributed by atoms with Crippen LogP contribution >= 0.6 is 0 Å². The monoisotopic (exact) mass is 299 g/mol. The molecule has 0 aliphatic heterocycles. The van der Waals surface area contributed by atoms with Crippen LogP contribution < -0.4 is 5.32 Å². The number of aliphatic carboxylic acids is 1. The van der Waals surface area contributed by atoms with Crippen LogP contribution in [0.2, 0.25) is 0 Å². The average molecular weight is 299 g/mol. The SMILES string of the molecule is CC(C)(C)OC(=O)N[C@@H](CCC1CCCCC1)CC(=O)O. The summed E-state index contributed by atoms with van der Waals surface area (Å²) in [6.07, 6.45) is 7.42. The van der Waals surface area contributed by atoms with E-state index in [4.69, 9.17) is 9.84 Å². The molecule has 0 aromatic heterocycles. The summed E-state index contributed by atoms with van der Waals surface area (Å²) in [6.45, 7) is 5.38. The lowest BCUT2D eigenvalue weighted by molar-refractivity contribution is -0.137. The minimum Gasteiger partial charge on any atom is -0.481 e. The van der Waals surface area contributed by atoms with Crippen molar-refractivity contribution in [1.29, 1.82) is 0 Å². The average Bonchev–Trinajstić information content (AvgIpc) is 2.34. The molecular formula is C16H29NO4. The Morgan fingerprint density at radius 1 is 1.24 bits per heavy atom. The Morgan fingerprint density at radius 3 is 2.38 bits per heavy atom. The summed E-state index contributed by atoms with van der Waals surface area (Å²) in [7, 11) is 0. The van der Waals surface area contributed by atoms with Gasteiger partial charge in [0.2, 0.25) is 0 Å². The number of ether oxygens (including phenoxy) is 1. The molecule has 21 heavy (non-hydrogen) atoms. The normalized spacial score (nSPS) is 18.0. The molecular weight excluding hydrogens is 270 g/mol. The van der Waals surface area contributed by atoms with Gasteiger partial charge in [0.1, 0.15) is 5.60 Å². The Balaban J connectivity index is 2.42. The molecule has 1 saturated carbocycles. The van der Waals surface area contributed by atoms with Crippen LogP contribution in [0.25, 0.3) is 0 Å². The van der Waals surface area contributed by atoms with Crippen LogP contribution in [0.1, 0.15) is 72.1 Å². The van der Waals surface area contributed by atoms with E-state index in [1.807, 2.05) is 0 Å². The zero-order chi connectivity index (χ0) is 15.9. The van der Waals surface area contributed by atoms with Gasteiger partial charge in [-0.3, -0.25) is 4.79 Å². The van der Waals surface area contributed by atoms with Crippen molar-refractivity contribution in [1.82, 2.24) is 5.32 Å². The third-order valence-electron chi connectivity index (χ3n) is 3.79. The number of carbonyl (C=O) groups excluding carboxylic acids is 1. The van der Waals surface area contributed by atoms with Crippen molar-refractivity contribution >= 4 is 12.1 Å². The lowest BCUT2D eigenvalue weighted by Gasteiger charge is -2.25.